The lowest BCUT2D eigenvalue weighted by Gasteiger charge is -2.06. The molecule has 7 heteroatoms. The van der Waals surface area contributed by atoms with Crippen LogP contribution in [0.2, 0.25) is 0 Å². The van der Waals surface area contributed by atoms with E-state index in [0.29, 0.717) is 5.75 Å². The number of Topliss-reactive ketones (excluding diaryl/α,β-unsaturated/α-hetero) is 1. The van der Waals surface area contributed by atoms with Gasteiger partial charge >= 0.3 is 5.69 Å². The van der Waals surface area contributed by atoms with Crippen molar-refractivity contribution in [2.75, 3.05) is 0 Å². The molecule has 0 amide bonds. The van der Waals surface area contributed by atoms with Crippen LogP contribution >= 0.6 is 0 Å². The van der Waals surface area contributed by atoms with Gasteiger partial charge in [-0.3, -0.25) is 19.6 Å². The van der Waals surface area contributed by atoms with Gasteiger partial charge in [-0.15, -0.1) is 0 Å². The van der Waals surface area contributed by atoms with Crippen molar-refractivity contribution in [1.29, 1.82) is 0 Å². The van der Waals surface area contributed by atoms with Gasteiger partial charge in [0.1, 0.15) is 0 Å². The van der Waals surface area contributed by atoms with E-state index in [1.54, 1.807) is 10.9 Å². The van der Waals surface area contributed by atoms with Gasteiger partial charge in [0.25, 0.3) is 0 Å². The van der Waals surface area contributed by atoms with Crippen LogP contribution < -0.4 is 4.74 Å². The average Bonchev–Trinajstić information content (AvgIpc) is 2.87. The van der Waals surface area contributed by atoms with Crippen LogP contribution in [0.4, 0.5) is 5.69 Å². The average molecular weight is 289 g/mol. The van der Waals surface area contributed by atoms with Crippen LogP contribution in [-0.2, 0) is 0 Å². The first-order valence-electron chi connectivity index (χ1n) is 6.40. The molecule has 0 saturated heterocycles. The van der Waals surface area contributed by atoms with Crippen molar-refractivity contribution in [3.63, 3.8) is 0 Å². The van der Waals surface area contributed by atoms with Gasteiger partial charge in [-0.1, -0.05) is 0 Å². The Morgan fingerprint density at radius 1 is 1.43 bits per heavy atom. The van der Waals surface area contributed by atoms with Gasteiger partial charge in [0.15, 0.2) is 11.5 Å². The van der Waals surface area contributed by atoms with Crippen molar-refractivity contribution in [3.8, 4) is 11.5 Å². The smallest absolute Gasteiger partial charge is 0.312 e. The highest BCUT2D eigenvalue weighted by Crippen LogP contribution is 2.32. The maximum Gasteiger partial charge on any atom is 0.312 e. The Labute approximate surface area is 121 Å². The molecule has 0 aliphatic heterocycles. The first-order chi connectivity index (χ1) is 9.88. The van der Waals surface area contributed by atoms with E-state index in [1.165, 1.54) is 31.3 Å². The number of nitro benzene ring substituents is 1. The molecule has 0 radical (unpaired) electrons. The predicted octanol–water partition coefficient (Wildman–Crippen LogP) is 3.37. The summed E-state index contributed by atoms with van der Waals surface area (Å²) in [5, 5.41) is 15.2. The third kappa shape index (κ3) is 3.25. The Morgan fingerprint density at radius 3 is 2.67 bits per heavy atom. The van der Waals surface area contributed by atoms with Gasteiger partial charge in [0, 0.05) is 17.7 Å². The molecule has 110 valence electrons. The molecule has 1 aromatic carbocycles. The summed E-state index contributed by atoms with van der Waals surface area (Å²) in [5.41, 5.74) is 0.0203. The number of ether oxygens (including phenoxy) is 1. The Morgan fingerprint density at radius 2 is 2.14 bits per heavy atom. The topological polar surface area (TPSA) is 87.3 Å². The first kappa shape index (κ1) is 14.7. The van der Waals surface area contributed by atoms with Gasteiger partial charge in [0.2, 0.25) is 5.75 Å². The zero-order chi connectivity index (χ0) is 15.6. The summed E-state index contributed by atoms with van der Waals surface area (Å²) in [6.07, 6.45) is 3.15. The summed E-state index contributed by atoms with van der Waals surface area (Å²) >= 11 is 0. The molecule has 2 rings (SSSR count). The van der Waals surface area contributed by atoms with Crippen molar-refractivity contribution in [2.24, 2.45) is 0 Å². The highest BCUT2D eigenvalue weighted by atomic mass is 16.6. The molecule has 1 heterocycles. The quantitative estimate of drug-likeness (QED) is 0.478. The molecule has 0 fully saturated rings. The zero-order valence-corrected chi connectivity index (χ0v) is 11.9. The summed E-state index contributed by atoms with van der Waals surface area (Å²) < 4.78 is 7.19. The summed E-state index contributed by atoms with van der Waals surface area (Å²) in [6, 6.07) is 4.29. The molecule has 7 nitrogen and oxygen atoms in total. The molecule has 2 aromatic rings. The molecule has 0 unspecified atom stereocenters. The molecule has 0 N–H and O–H groups in total. The van der Waals surface area contributed by atoms with E-state index in [9.17, 15) is 14.9 Å². The minimum Gasteiger partial charge on any atom is -0.447 e. The number of rotatable bonds is 5. The molecule has 0 bridgehead atoms. The maximum atomic E-state index is 11.3. The van der Waals surface area contributed by atoms with Crippen molar-refractivity contribution in [1.82, 2.24) is 9.78 Å². The van der Waals surface area contributed by atoms with Crippen LogP contribution in [0.3, 0.4) is 0 Å². The number of hydrogen-bond acceptors (Lipinski definition) is 5. The number of hydrogen-bond donors (Lipinski definition) is 0. The number of carbonyl (C=O) groups excluding carboxylic acids is 1. The van der Waals surface area contributed by atoms with Crippen LogP contribution in [0.25, 0.3) is 0 Å². The molecule has 0 atom stereocenters. The monoisotopic (exact) mass is 289 g/mol. The fourth-order valence-corrected chi connectivity index (χ4v) is 1.75. The molecule has 21 heavy (non-hydrogen) atoms. The predicted molar refractivity (Wildman–Crippen MR) is 75.8 cm³/mol. The molecule has 1 aromatic heterocycles. The number of benzene rings is 1. The molecule has 0 spiro atoms. The number of aromatic nitrogens is 2. The summed E-state index contributed by atoms with van der Waals surface area (Å²) in [5.74, 6) is 0.243. The van der Waals surface area contributed by atoms with Crippen molar-refractivity contribution in [2.45, 2.75) is 26.8 Å². The second-order valence-corrected chi connectivity index (χ2v) is 4.85. The van der Waals surface area contributed by atoms with Crippen LogP contribution in [0, 0.1) is 10.1 Å². The van der Waals surface area contributed by atoms with Crippen molar-refractivity contribution < 1.29 is 14.5 Å². The molecule has 0 aliphatic rings. The summed E-state index contributed by atoms with van der Waals surface area (Å²) in [4.78, 5) is 21.8. The lowest BCUT2D eigenvalue weighted by molar-refractivity contribution is -0.385. The fraction of sp³-hybridized carbons (Fsp3) is 0.286. The van der Waals surface area contributed by atoms with Gasteiger partial charge in [0.05, 0.1) is 17.3 Å². The maximum absolute atomic E-state index is 11.3. The van der Waals surface area contributed by atoms with Crippen LogP contribution in [0.15, 0.2) is 30.6 Å². The van der Waals surface area contributed by atoms with Crippen molar-refractivity contribution in [3.05, 3.63) is 46.3 Å². The Hall–Kier alpha value is -2.70. The third-order valence-electron chi connectivity index (χ3n) is 2.90. The van der Waals surface area contributed by atoms with Gasteiger partial charge in [-0.05, 0) is 32.9 Å². The van der Waals surface area contributed by atoms with Crippen molar-refractivity contribution >= 4 is 11.5 Å². The van der Waals surface area contributed by atoms with E-state index in [0.717, 1.165) is 0 Å². The van der Waals surface area contributed by atoms with E-state index in [1.807, 2.05) is 13.8 Å². The summed E-state index contributed by atoms with van der Waals surface area (Å²) in [7, 11) is 0. The fourth-order valence-electron chi connectivity index (χ4n) is 1.75. The lowest BCUT2D eigenvalue weighted by Crippen LogP contribution is -2.00. The van der Waals surface area contributed by atoms with E-state index in [-0.39, 0.29) is 28.8 Å². The number of ketones is 1. The van der Waals surface area contributed by atoms with Crippen LogP contribution in [-0.4, -0.2) is 20.5 Å². The molecular formula is C14H15N3O4. The third-order valence-corrected chi connectivity index (χ3v) is 2.90. The Kier molecular flexibility index (Phi) is 4.02. The largest absolute Gasteiger partial charge is 0.447 e. The first-order valence-corrected chi connectivity index (χ1v) is 6.40. The van der Waals surface area contributed by atoms with E-state index in [4.69, 9.17) is 4.74 Å². The van der Waals surface area contributed by atoms with E-state index in [2.05, 4.69) is 5.10 Å². The molecule has 0 saturated carbocycles. The zero-order valence-electron chi connectivity index (χ0n) is 11.9. The second kappa shape index (κ2) is 5.74. The number of nitro groups is 1. The minimum atomic E-state index is -0.575. The van der Waals surface area contributed by atoms with E-state index < -0.39 is 4.92 Å². The highest BCUT2D eigenvalue weighted by molar-refractivity contribution is 5.95. The SMILES string of the molecule is CC(=O)c1ccc(Oc2cnn(C(C)C)c2)c([N+](=O)[O-])c1. The standard InChI is InChI=1S/C14H15N3O4/c1-9(2)16-8-12(7-15-16)21-14-5-4-11(10(3)18)6-13(14)17(19)20/h4-9H,1-3H3. The highest BCUT2D eigenvalue weighted by Gasteiger charge is 2.18. The number of carbonyl (C=O) groups is 1. The van der Waals surface area contributed by atoms with E-state index >= 15 is 0 Å². The minimum absolute atomic E-state index is 0.0771. The van der Waals surface area contributed by atoms with Crippen LogP contribution in [0.5, 0.6) is 11.5 Å². The molecule has 0 aliphatic carbocycles. The van der Waals surface area contributed by atoms with Crippen LogP contribution in [0.1, 0.15) is 37.2 Å². The molecular weight excluding hydrogens is 274 g/mol. The Balaban J connectivity index is 2.34. The normalized spacial score (nSPS) is 10.7. The van der Waals surface area contributed by atoms with Gasteiger partial charge in [-0.25, -0.2) is 0 Å². The Bertz CT molecular complexity index is 691. The summed E-state index contributed by atoms with van der Waals surface area (Å²) in [6.45, 7) is 5.27. The lowest BCUT2D eigenvalue weighted by atomic mass is 10.1. The van der Waals surface area contributed by atoms with Gasteiger partial charge < -0.3 is 4.74 Å². The second-order valence-electron chi connectivity index (χ2n) is 4.85. The number of nitrogens with zero attached hydrogens (tertiary/aromatic N) is 3. The van der Waals surface area contributed by atoms with Gasteiger partial charge in [-0.2, -0.15) is 5.10 Å².